The lowest BCUT2D eigenvalue weighted by atomic mass is 9.88. The van der Waals surface area contributed by atoms with Gasteiger partial charge in [0.1, 0.15) is 5.75 Å². The van der Waals surface area contributed by atoms with Crippen LogP contribution in [0.4, 0.5) is 0 Å². The number of piperidine rings is 1. The summed E-state index contributed by atoms with van der Waals surface area (Å²) in [6.07, 6.45) is 9.57. The van der Waals surface area contributed by atoms with E-state index < -0.39 is 17.7 Å². The fourth-order valence-corrected chi connectivity index (χ4v) is 7.29. The number of unbranched alkanes of at least 4 members (excludes halogenated alkanes) is 6. The number of aromatic hydroxyl groups is 1. The number of pyridine rings is 1. The maximum Gasteiger partial charge on any atom is 0.347 e. The normalized spacial score (nSPS) is 16.1. The third-order valence-electron chi connectivity index (χ3n) is 9.51. The molecule has 1 aliphatic heterocycles. The van der Waals surface area contributed by atoms with Crippen LogP contribution in [0.15, 0.2) is 76.2 Å². The number of hydrogen-bond acceptors (Lipinski definition) is 9. The maximum atomic E-state index is 13.2. The molecule has 4 aromatic rings. The molecule has 5 rings (SSSR count). The number of phenolic OH excluding ortho intramolecular Hbond substituents is 1. The quantitative estimate of drug-likeness (QED) is 0.0656. The molecule has 0 aliphatic carbocycles. The molecule has 9 nitrogen and oxygen atoms in total. The number of rotatable bonds is 18. The van der Waals surface area contributed by atoms with Crippen LogP contribution in [0.25, 0.3) is 10.9 Å². The standard InChI is InChI=1S/C38H49N3O6S/c42-33-15-13-31(32-14-16-35(44)40-36(32)33)34(43)25-39-20-9-4-2-1-3-5-10-21-41-22-17-28(18-23-41)26-47-37(45)38(46,30-19-24-48-27-30)29-11-7-6-8-12-29/h6-8,11-16,19,24,27-28,34,39,42-43,46H,1-5,9-10,17-18,20-23,25-26H2,(H,40,44)/t34-,38?/m1/s1. The molecule has 1 aliphatic rings. The molecule has 0 saturated carbocycles. The Morgan fingerprint density at radius 3 is 2.42 bits per heavy atom. The molecule has 0 bridgehead atoms. The lowest BCUT2D eigenvalue weighted by molar-refractivity contribution is -0.164. The minimum atomic E-state index is -1.79. The number of hydrogen-bond donors (Lipinski definition) is 5. The summed E-state index contributed by atoms with van der Waals surface area (Å²) in [7, 11) is 0. The molecule has 1 unspecified atom stereocenters. The maximum absolute atomic E-state index is 13.2. The summed E-state index contributed by atoms with van der Waals surface area (Å²) in [6, 6.07) is 17.1. The number of aliphatic hydroxyl groups is 2. The molecule has 258 valence electrons. The van der Waals surface area contributed by atoms with E-state index in [9.17, 15) is 24.9 Å². The second-order valence-electron chi connectivity index (χ2n) is 13.0. The third kappa shape index (κ3) is 9.33. The lowest BCUT2D eigenvalue weighted by Crippen LogP contribution is -2.40. The number of thiophene rings is 1. The van der Waals surface area contributed by atoms with Crippen LogP contribution in [0.5, 0.6) is 5.75 Å². The average Bonchev–Trinajstić information content (AvgIpc) is 3.66. The van der Waals surface area contributed by atoms with Crippen LogP contribution >= 0.6 is 11.3 Å². The van der Waals surface area contributed by atoms with Crippen molar-refractivity contribution in [1.82, 2.24) is 15.2 Å². The monoisotopic (exact) mass is 675 g/mol. The summed E-state index contributed by atoms with van der Waals surface area (Å²) in [5.74, 6) is -0.303. The smallest absolute Gasteiger partial charge is 0.347 e. The zero-order valence-corrected chi connectivity index (χ0v) is 28.4. The molecule has 2 aromatic heterocycles. The molecule has 0 radical (unpaired) electrons. The number of nitrogens with one attached hydrogen (secondary N) is 2. The summed E-state index contributed by atoms with van der Waals surface area (Å²) < 4.78 is 5.74. The zero-order valence-electron chi connectivity index (χ0n) is 27.6. The van der Waals surface area contributed by atoms with Crippen molar-refractivity contribution in [1.29, 1.82) is 0 Å². The van der Waals surface area contributed by atoms with Gasteiger partial charge in [-0.05, 0) is 97.9 Å². The van der Waals surface area contributed by atoms with Crippen molar-refractivity contribution in [3.05, 3.63) is 98.5 Å². The van der Waals surface area contributed by atoms with Crippen molar-refractivity contribution in [3.8, 4) is 5.75 Å². The van der Waals surface area contributed by atoms with Crippen LogP contribution < -0.4 is 10.9 Å². The summed E-state index contributed by atoms with van der Waals surface area (Å²) in [5.41, 5.74) is 0.0180. The van der Waals surface area contributed by atoms with Crippen molar-refractivity contribution in [2.24, 2.45) is 5.92 Å². The topological polar surface area (TPSA) is 135 Å². The van der Waals surface area contributed by atoms with Gasteiger partial charge in [0.05, 0.1) is 18.2 Å². The number of nitrogens with zero attached hydrogens (tertiary/aromatic N) is 1. The number of phenols is 1. The Labute approximate surface area is 286 Å². The van der Waals surface area contributed by atoms with Crippen molar-refractivity contribution in [3.63, 3.8) is 0 Å². The largest absolute Gasteiger partial charge is 0.506 e. The number of aromatic amines is 1. The molecule has 2 aromatic carbocycles. The number of carbonyl (C=O) groups is 1. The van der Waals surface area contributed by atoms with Gasteiger partial charge in [0, 0.05) is 23.6 Å². The van der Waals surface area contributed by atoms with Gasteiger partial charge in [0.15, 0.2) is 0 Å². The van der Waals surface area contributed by atoms with Gasteiger partial charge in [-0.1, -0.05) is 68.5 Å². The van der Waals surface area contributed by atoms with E-state index in [1.807, 2.05) is 23.6 Å². The second-order valence-corrected chi connectivity index (χ2v) is 13.7. The fraction of sp³-hybridized carbons (Fsp3) is 0.474. The van der Waals surface area contributed by atoms with Crippen LogP contribution in [0.3, 0.4) is 0 Å². The first-order valence-electron chi connectivity index (χ1n) is 17.3. The molecule has 1 saturated heterocycles. The summed E-state index contributed by atoms with van der Waals surface area (Å²) in [5, 5.41) is 39.9. The number of benzene rings is 2. The molecule has 1 fully saturated rings. The number of likely N-dealkylation sites (tertiary alicyclic amines) is 1. The van der Waals surface area contributed by atoms with E-state index in [-0.39, 0.29) is 11.3 Å². The predicted octanol–water partition coefficient (Wildman–Crippen LogP) is 5.84. The van der Waals surface area contributed by atoms with E-state index in [1.54, 1.807) is 35.7 Å². The minimum Gasteiger partial charge on any atom is -0.506 e. The van der Waals surface area contributed by atoms with Gasteiger partial charge in [-0.2, -0.15) is 11.3 Å². The van der Waals surface area contributed by atoms with Crippen LogP contribution in [0.2, 0.25) is 0 Å². The Bertz CT molecular complexity index is 1620. The molecule has 0 spiro atoms. The highest BCUT2D eigenvalue weighted by Crippen LogP contribution is 2.33. The minimum absolute atomic E-state index is 0.00570. The SMILES string of the molecule is O=C(OCC1CCN(CCCCCCCCCNC[C@@H](O)c2ccc(O)c3[nH]c(=O)ccc23)CC1)C(O)(c1ccccc1)c1ccsc1. The van der Waals surface area contributed by atoms with E-state index in [0.29, 0.717) is 46.7 Å². The van der Waals surface area contributed by atoms with Crippen molar-refractivity contribution in [2.75, 3.05) is 39.3 Å². The summed E-state index contributed by atoms with van der Waals surface area (Å²) >= 11 is 1.45. The van der Waals surface area contributed by atoms with Gasteiger partial charge >= 0.3 is 5.97 Å². The first kappa shape index (κ1) is 35.8. The first-order chi connectivity index (χ1) is 23.4. The Balaban J connectivity index is 0.888. The van der Waals surface area contributed by atoms with E-state index >= 15 is 0 Å². The third-order valence-corrected chi connectivity index (χ3v) is 10.2. The number of H-pyrrole nitrogens is 1. The number of aliphatic hydroxyl groups excluding tert-OH is 1. The average molecular weight is 676 g/mol. The number of aromatic nitrogens is 1. The predicted molar refractivity (Wildman–Crippen MR) is 190 cm³/mol. The van der Waals surface area contributed by atoms with Gasteiger partial charge in [-0.3, -0.25) is 4.79 Å². The van der Waals surface area contributed by atoms with Gasteiger partial charge < -0.3 is 35.3 Å². The van der Waals surface area contributed by atoms with E-state index in [0.717, 1.165) is 51.9 Å². The van der Waals surface area contributed by atoms with Gasteiger partial charge in [-0.15, -0.1) is 0 Å². The fourth-order valence-electron chi connectivity index (χ4n) is 6.59. The molecule has 2 atom stereocenters. The highest BCUT2D eigenvalue weighted by Gasteiger charge is 2.42. The van der Waals surface area contributed by atoms with Gasteiger partial charge in [0.25, 0.3) is 0 Å². The van der Waals surface area contributed by atoms with E-state index in [2.05, 4.69) is 15.2 Å². The molecule has 48 heavy (non-hydrogen) atoms. The molecular weight excluding hydrogens is 627 g/mol. The van der Waals surface area contributed by atoms with Crippen molar-refractivity contribution < 1.29 is 24.9 Å². The number of esters is 1. The Morgan fingerprint density at radius 2 is 1.69 bits per heavy atom. The van der Waals surface area contributed by atoms with E-state index in [1.165, 1.54) is 55.6 Å². The van der Waals surface area contributed by atoms with Crippen LogP contribution in [-0.2, 0) is 15.1 Å². The first-order valence-corrected chi connectivity index (χ1v) is 18.2. The van der Waals surface area contributed by atoms with Crippen LogP contribution in [-0.4, -0.2) is 70.5 Å². The molecule has 0 amide bonds. The Morgan fingerprint density at radius 1 is 0.958 bits per heavy atom. The number of carbonyl (C=O) groups excluding carboxylic acids is 1. The lowest BCUT2D eigenvalue weighted by Gasteiger charge is -2.32. The Hall–Kier alpha value is -3.54. The summed E-state index contributed by atoms with van der Waals surface area (Å²) in [4.78, 5) is 30.0. The summed E-state index contributed by atoms with van der Waals surface area (Å²) in [6.45, 7) is 4.72. The zero-order chi connectivity index (χ0) is 33.8. The molecular formula is C38H49N3O6S. The van der Waals surface area contributed by atoms with Crippen molar-refractivity contribution in [2.45, 2.75) is 69.5 Å². The number of ether oxygens (including phenoxy) is 1. The van der Waals surface area contributed by atoms with Gasteiger partial charge in [0.2, 0.25) is 11.2 Å². The van der Waals surface area contributed by atoms with Crippen molar-refractivity contribution >= 4 is 28.2 Å². The highest BCUT2D eigenvalue weighted by atomic mass is 32.1. The molecule has 5 N–H and O–H groups in total. The van der Waals surface area contributed by atoms with Crippen LogP contribution in [0.1, 0.15) is 80.6 Å². The second kappa shape index (κ2) is 17.7. The molecule has 10 heteroatoms. The van der Waals surface area contributed by atoms with Gasteiger partial charge in [-0.25, -0.2) is 4.79 Å². The molecule has 3 heterocycles. The highest BCUT2D eigenvalue weighted by molar-refractivity contribution is 7.08. The van der Waals surface area contributed by atoms with E-state index in [4.69, 9.17) is 4.74 Å². The van der Waals surface area contributed by atoms with Crippen LogP contribution in [0, 0.1) is 5.92 Å². The number of fused-ring (bicyclic) bond motifs is 1. The Kier molecular flexibility index (Phi) is 13.2.